The smallest absolute Gasteiger partial charge is 0.137 e. The van der Waals surface area contributed by atoms with Gasteiger partial charge in [-0.2, -0.15) is 11.3 Å². The molecule has 0 spiro atoms. The van der Waals surface area contributed by atoms with Crippen molar-refractivity contribution in [2.24, 2.45) is 0 Å². The van der Waals surface area contributed by atoms with Gasteiger partial charge in [-0.15, -0.1) is 0 Å². The van der Waals surface area contributed by atoms with E-state index in [0.717, 1.165) is 49.6 Å². The Kier molecular flexibility index (Phi) is 4.64. The van der Waals surface area contributed by atoms with E-state index in [1.54, 1.807) is 30.1 Å². The van der Waals surface area contributed by atoms with Gasteiger partial charge < -0.3 is 10.1 Å². The largest absolute Gasteiger partial charge is 0.379 e. The fourth-order valence-electron chi connectivity index (χ4n) is 3.05. The van der Waals surface area contributed by atoms with Crippen LogP contribution >= 0.6 is 11.3 Å². The van der Waals surface area contributed by atoms with Crippen LogP contribution in [0.1, 0.15) is 11.6 Å². The Morgan fingerprint density at radius 1 is 1.25 bits per heavy atom. The van der Waals surface area contributed by atoms with E-state index in [1.165, 1.54) is 5.56 Å². The zero-order valence-corrected chi connectivity index (χ0v) is 14.1. The van der Waals surface area contributed by atoms with Crippen molar-refractivity contribution < 1.29 is 4.74 Å². The molecule has 0 aliphatic carbocycles. The van der Waals surface area contributed by atoms with Gasteiger partial charge >= 0.3 is 0 Å². The molecule has 1 atom stereocenters. The van der Waals surface area contributed by atoms with Gasteiger partial charge in [-0.1, -0.05) is 0 Å². The number of morpholine rings is 1. The summed E-state index contributed by atoms with van der Waals surface area (Å²) >= 11 is 1.74. The summed E-state index contributed by atoms with van der Waals surface area (Å²) in [6.07, 6.45) is 5.12. The number of ether oxygens (including phenoxy) is 1. The van der Waals surface area contributed by atoms with Crippen LogP contribution in [0.15, 0.2) is 41.6 Å². The van der Waals surface area contributed by atoms with Gasteiger partial charge in [0.05, 0.1) is 31.0 Å². The van der Waals surface area contributed by atoms with E-state index in [-0.39, 0.29) is 0 Å². The van der Waals surface area contributed by atoms with Gasteiger partial charge in [0.15, 0.2) is 0 Å². The molecule has 0 amide bonds. The van der Waals surface area contributed by atoms with Gasteiger partial charge in [0, 0.05) is 31.2 Å². The number of rotatable bonds is 5. The van der Waals surface area contributed by atoms with Crippen molar-refractivity contribution in [2.45, 2.75) is 6.04 Å². The summed E-state index contributed by atoms with van der Waals surface area (Å²) in [6.45, 7) is 4.30. The Bertz CT molecular complexity index is 783. The average Bonchev–Trinajstić information content (AvgIpc) is 3.17. The van der Waals surface area contributed by atoms with Crippen molar-refractivity contribution >= 4 is 28.1 Å². The van der Waals surface area contributed by atoms with Crippen LogP contribution in [-0.4, -0.2) is 52.7 Å². The first-order valence-electron chi connectivity index (χ1n) is 8.04. The van der Waals surface area contributed by atoms with Crippen LogP contribution in [0.3, 0.4) is 0 Å². The highest BCUT2D eigenvalue weighted by molar-refractivity contribution is 7.07. The molecule has 0 bridgehead atoms. The number of nitrogens with zero attached hydrogens (tertiary/aromatic N) is 4. The van der Waals surface area contributed by atoms with E-state index in [1.807, 2.05) is 6.07 Å². The van der Waals surface area contributed by atoms with E-state index >= 15 is 0 Å². The molecule has 6 nitrogen and oxygen atoms in total. The summed E-state index contributed by atoms with van der Waals surface area (Å²) in [5.74, 6) is 0.857. The summed E-state index contributed by atoms with van der Waals surface area (Å²) in [6, 6.07) is 4.47. The maximum Gasteiger partial charge on any atom is 0.137 e. The van der Waals surface area contributed by atoms with Crippen LogP contribution in [-0.2, 0) is 4.74 Å². The topological polar surface area (TPSA) is 63.2 Å². The van der Waals surface area contributed by atoms with Gasteiger partial charge in [0.25, 0.3) is 0 Å². The number of thiophene rings is 1. The highest BCUT2D eigenvalue weighted by Crippen LogP contribution is 2.25. The first-order valence-corrected chi connectivity index (χ1v) is 8.98. The minimum Gasteiger partial charge on any atom is -0.379 e. The maximum atomic E-state index is 5.50. The third-order valence-corrected chi connectivity index (χ3v) is 5.02. The zero-order valence-electron chi connectivity index (χ0n) is 13.3. The van der Waals surface area contributed by atoms with Crippen LogP contribution in [0.2, 0.25) is 0 Å². The number of aromatic nitrogens is 3. The first kappa shape index (κ1) is 15.4. The molecule has 1 N–H and O–H groups in total. The van der Waals surface area contributed by atoms with Gasteiger partial charge in [-0.3, -0.25) is 9.88 Å². The van der Waals surface area contributed by atoms with E-state index < -0.39 is 0 Å². The molecule has 124 valence electrons. The fraction of sp³-hybridized carbons (Fsp3) is 0.353. The lowest BCUT2D eigenvalue weighted by molar-refractivity contribution is 0.0188. The Labute approximate surface area is 144 Å². The zero-order chi connectivity index (χ0) is 16.2. The number of hydrogen-bond acceptors (Lipinski definition) is 7. The van der Waals surface area contributed by atoms with Crippen molar-refractivity contribution in [3.8, 4) is 0 Å². The summed E-state index contributed by atoms with van der Waals surface area (Å²) in [5, 5.41) is 8.87. The van der Waals surface area contributed by atoms with Gasteiger partial charge in [0.2, 0.25) is 0 Å². The second kappa shape index (κ2) is 7.21. The molecule has 7 heteroatoms. The lowest BCUT2D eigenvalue weighted by Crippen LogP contribution is -2.41. The van der Waals surface area contributed by atoms with Crippen LogP contribution in [0.5, 0.6) is 0 Å². The highest BCUT2D eigenvalue weighted by Gasteiger charge is 2.23. The maximum absolute atomic E-state index is 5.50. The van der Waals surface area contributed by atoms with Crippen molar-refractivity contribution in [3.05, 3.63) is 47.2 Å². The number of hydrogen-bond donors (Lipinski definition) is 1. The Morgan fingerprint density at radius 3 is 3.00 bits per heavy atom. The highest BCUT2D eigenvalue weighted by atomic mass is 32.1. The molecule has 1 saturated heterocycles. The Hall–Kier alpha value is -2.09. The predicted octanol–water partition coefficient (Wildman–Crippen LogP) is 2.57. The SMILES string of the molecule is c1cc2c(NC[C@@H](c3ccsc3)N3CCOCC3)ncnc2cn1. The minimum absolute atomic E-state index is 0.312. The van der Waals surface area contributed by atoms with E-state index in [9.17, 15) is 0 Å². The molecular formula is C17H19N5OS. The second-order valence-corrected chi connectivity index (χ2v) is 6.50. The molecule has 1 fully saturated rings. The molecule has 1 aliphatic heterocycles. The molecule has 1 aliphatic rings. The molecule has 4 heterocycles. The standard InChI is InChI=1S/C17H19N5OS/c1-3-18-9-15-14(1)17(21-12-20-15)19-10-16(13-2-8-24-11-13)22-4-6-23-7-5-22/h1-3,8-9,11-12,16H,4-7,10H2,(H,19,20,21)/t16-/m0/s1. The van der Waals surface area contributed by atoms with Crippen LogP contribution in [0.25, 0.3) is 10.9 Å². The third kappa shape index (κ3) is 3.24. The lowest BCUT2D eigenvalue weighted by Gasteiger charge is -2.34. The summed E-state index contributed by atoms with van der Waals surface area (Å²) in [5.41, 5.74) is 2.20. The van der Waals surface area contributed by atoms with Crippen LogP contribution in [0.4, 0.5) is 5.82 Å². The van der Waals surface area contributed by atoms with Crippen molar-refractivity contribution in [1.82, 2.24) is 19.9 Å². The van der Waals surface area contributed by atoms with E-state index in [2.05, 4.69) is 42.0 Å². The van der Waals surface area contributed by atoms with Gasteiger partial charge in [-0.25, -0.2) is 9.97 Å². The molecule has 3 aromatic heterocycles. The van der Waals surface area contributed by atoms with E-state index in [0.29, 0.717) is 6.04 Å². The Morgan fingerprint density at radius 2 is 2.17 bits per heavy atom. The summed E-state index contributed by atoms with van der Waals surface area (Å²) in [4.78, 5) is 15.3. The minimum atomic E-state index is 0.312. The third-order valence-electron chi connectivity index (χ3n) is 4.32. The van der Waals surface area contributed by atoms with Crippen molar-refractivity contribution in [2.75, 3.05) is 38.2 Å². The van der Waals surface area contributed by atoms with Crippen LogP contribution in [0, 0.1) is 0 Å². The first-order chi connectivity index (χ1) is 11.9. The fourth-order valence-corrected chi connectivity index (χ4v) is 3.76. The molecule has 0 saturated carbocycles. The van der Waals surface area contributed by atoms with Gasteiger partial charge in [0.1, 0.15) is 12.1 Å². The molecule has 0 radical (unpaired) electrons. The number of anilines is 1. The van der Waals surface area contributed by atoms with Crippen molar-refractivity contribution in [3.63, 3.8) is 0 Å². The molecular weight excluding hydrogens is 322 g/mol. The molecule has 24 heavy (non-hydrogen) atoms. The quantitative estimate of drug-likeness (QED) is 0.769. The van der Waals surface area contributed by atoms with Crippen molar-refractivity contribution in [1.29, 1.82) is 0 Å². The monoisotopic (exact) mass is 341 g/mol. The number of pyridine rings is 1. The van der Waals surface area contributed by atoms with Crippen LogP contribution < -0.4 is 5.32 Å². The molecule has 0 unspecified atom stereocenters. The normalized spacial score (nSPS) is 17.0. The average molecular weight is 341 g/mol. The summed E-state index contributed by atoms with van der Waals surface area (Å²) < 4.78 is 5.50. The number of fused-ring (bicyclic) bond motifs is 1. The predicted molar refractivity (Wildman–Crippen MR) is 95.3 cm³/mol. The lowest BCUT2D eigenvalue weighted by atomic mass is 10.1. The molecule has 3 aromatic rings. The second-order valence-electron chi connectivity index (χ2n) is 5.72. The summed E-state index contributed by atoms with van der Waals surface area (Å²) in [7, 11) is 0. The van der Waals surface area contributed by atoms with Gasteiger partial charge in [-0.05, 0) is 28.5 Å². The van der Waals surface area contributed by atoms with E-state index in [4.69, 9.17) is 4.74 Å². The Balaban J connectivity index is 1.56. The number of nitrogens with one attached hydrogen (secondary N) is 1. The molecule has 4 rings (SSSR count). The molecule has 0 aromatic carbocycles.